The minimum atomic E-state index is 0. The van der Waals surface area contributed by atoms with Crippen molar-refractivity contribution in [2.45, 2.75) is 46.0 Å². The molecule has 0 fully saturated rings. The molecule has 0 unspecified atom stereocenters. The molecule has 0 atom stereocenters. The first-order chi connectivity index (χ1) is 17.8. The molecule has 0 radical (unpaired) electrons. The molecule has 0 saturated carbocycles. The Bertz CT molecular complexity index is 1280. The first-order valence-electron chi connectivity index (χ1n) is 12.6. The first-order valence-corrected chi connectivity index (χ1v) is 12.6. The highest BCUT2D eigenvalue weighted by Crippen LogP contribution is 2.24. The van der Waals surface area contributed by atoms with E-state index in [2.05, 4.69) is 80.9 Å². The molecule has 0 bridgehead atoms. The zero-order valence-electron chi connectivity index (χ0n) is 24.6. The summed E-state index contributed by atoms with van der Waals surface area (Å²) in [5.41, 5.74) is 6.73. The lowest BCUT2D eigenvalue weighted by atomic mass is 10.0. The van der Waals surface area contributed by atoms with Crippen molar-refractivity contribution in [3.8, 4) is 0 Å². The molecule has 2 heterocycles. The van der Waals surface area contributed by atoms with Gasteiger partial charge in [-0.05, 0) is 84.1 Å². The third-order valence-electron chi connectivity index (χ3n) is 6.45. The molecule has 0 N–H and O–H groups in total. The van der Waals surface area contributed by atoms with Crippen molar-refractivity contribution in [2.75, 3.05) is 0 Å². The number of hydrogen-bond acceptors (Lipinski definition) is 6. The Morgan fingerprint density at radius 3 is 1.38 bits per heavy atom. The van der Waals surface area contributed by atoms with Gasteiger partial charge < -0.3 is 14.9 Å². The number of aryl methyl sites for hydroxylation is 8. The summed E-state index contributed by atoms with van der Waals surface area (Å²) < 4.78 is 7.10. The van der Waals surface area contributed by atoms with E-state index in [-0.39, 0.29) is 14.9 Å². The Morgan fingerprint density at radius 1 is 0.641 bits per heavy atom. The van der Waals surface area contributed by atoms with Crippen molar-refractivity contribution in [1.82, 2.24) is 19.6 Å². The standard InChI is InChI=1S/C27H36N10.2CH3/c1-20-16-22(12-14-24(20)30-32-26-34(3)18-28-36(26)5)10-8-7-9-11-23-13-15-25(21(2)17-23)31-33-27-35(4)19-29-37(27)6;;/h12-19H,7-11H2,1-6H3;2*1H3/q+2;2*-1. The lowest BCUT2D eigenvalue weighted by Gasteiger charge is -2.06. The van der Waals surface area contributed by atoms with Crippen LogP contribution >= 0.6 is 0 Å². The fraction of sp³-hybridized carbons (Fsp3) is 0.379. The van der Waals surface area contributed by atoms with Gasteiger partial charge in [-0.1, -0.05) is 40.9 Å². The Hall–Kier alpha value is -4.08. The van der Waals surface area contributed by atoms with Crippen LogP contribution in [0.4, 0.5) is 23.3 Å². The molecule has 208 valence electrons. The van der Waals surface area contributed by atoms with E-state index in [9.17, 15) is 0 Å². The van der Waals surface area contributed by atoms with Gasteiger partial charge in [0.1, 0.15) is 11.4 Å². The van der Waals surface area contributed by atoms with Gasteiger partial charge in [-0.3, -0.25) is 0 Å². The summed E-state index contributed by atoms with van der Waals surface area (Å²) in [6, 6.07) is 12.9. The Balaban J connectivity index is 0.00000267. The number of benzene rings is 2. The van der Waals surface area contributed by atoms with Gasteiger partial charge in [0.05, 0.1) is 28.2 Å². The van der Waals surface area contributed by atoms with Crippen LogP contribution in [0.25, 0.3) is 0 Å². The highest BCUT2D eigenvalue weighted by atomic mass is 15.4. The van der Waals surface area contributed by atoms with Crippen molar-refractivity contribution >= 4 is 23.3 Å². The maximum absolute atomic E-state index is 4.43. The number of aromatic nitrogens is 6. The normalized spacial score (nSPS) is 11.2. The van der Waals surface area contributed by atoms with E-state index in [0.717, 1.165) is 48.2 Å². The van der Waals surface area contributed by atoms with E-state index in [0.29, 0.717) is 11.9 Å². The van der Waals surface area contributed by atoms with Gasteiger partial charge in [0.15, 0.2) is 0 Å². The second-order valence-electron chi connectivity index (χ2n) is 9.53. The minimum Gasteiger partial charge on any atom is -0.358 e. The zero-order chi connectivity index (χ0) is 26.4. The number of hydrogen-bond donors (Lipinski definition) is 0. The van der Waals surface area contributed by atoms with Gasteiger partial charge in [0.25, 0.3) is 0 Å². The van der Waals surface area contributed by atoms with Crippen molar-refractivity contribution in [3.63, 3.8) is 0 Å². The van der Waals surface area contributed by atoms with E-state index < -0.39 is 0 Å². The van der Waals surface area contributed by atoms with Gasteiger partial charge in [0, 0.05) is 10.2 Å². The summed E-state index contributed by atoms with van der Waals surface area (Å²) in [7, 11) is 7.53. The summed E-state index contributed by atoms with van der Waals surface area (Å²) in [5.74, 6) is 1.41. The topological polar surface area (TPSA) is 92.8 Å². The fourth-order valence-electron chi connectivity index (χ4n) is 4.25. The number of nitrogens with zero attached hydrogens (tertiary/aromatic N) is 10. The van der Waals surface area contributed by atoms with Crippen LogP contribution in [0.3, 0.4) is 0 Å². The van der Waals surface area contributed by atoms with Crippen LogP contribution in [0.5, 0.6) is 0 Å². The third-order valence-corrected chi connectivity index (χ3v) is 6.45. The molecule has 39 heavy (non-hydrogen) atoms. The molecule has 4 rings (SSSR count). The van der Waals surface area contributed by atoms with E-state index in [1.165, 1.54) is 17.5 Å². The number of azo groups is 2. The van der Waals surface area contributed by atoms with Gasteiger partial charge in [0.2, 0.25) is 12.7 Å². The van der Waals surface area contributed by atoms with Crippen molar-refractivity contribution in [3.05, 3.63) is 86.2 Å². The largest absolute Gasteiger partial charge is 0.403 e. The van der Waals surface area contributed by atoms with Gasteiger partial charge >= 0.3 is 11.9 Å². The SMILES string of the molecule is Cc1cc(CCCCCc2ccc(N=Nc3n(C)nc[n+]3C)c(C)c2)ccc1N=Nc1n(C)nc[n+]1C.[CH3-].[CH3-]. The fourth-order valence-corrected chi connectivity index (χ4v) is 4.25. The molecule has 2 aromatic carbocycles. The van der Waals surface area contributed by atoms with Crippen molar-refractivity contribution in [2.24, 2.45) is 48.6 Å². The van der Waals surface area contributed by atoms with Gasteiger partial charge in [-0.25, -0.2) is 9.13 Å². The number of unbranched alkanes of at least 4 members (excludes halogenated alkanes) is 2. The highest BCUT2D eigenvalue weighted by molar-refractivity contribution is 5.47. The average molecular weight is 531 g/mol. The summed E-state index contributed by atoms with van der Waals surface area (Å²) in [4.78, 5) is 0. The molecule has 0 aliphatic rings. The van der Waals surface area contributed by atoms with Crippen LogP contribution in [0.1, 0.15) is 41.5 Å². The molecule has 4 aromatic rings. The van der Waals surface area contributed by atoms with Gasteiger partial charge in [-0.15, -0.1) is 9.36 Å². The summed E-state index contributed by atoms with van der Waals surface area (Å²) in [5, 5.41) is 25.9. The quantitative estimate of drug-likeness (QED) is 0.107. The van der Waals surface area contributed by atoms with E-state index in [4.69, 9.17) is 0 Å². The first kappa shape index (κ1) is 31.1. The van der Waals surface area contributed by atoms with E-state index in [1.807, 2.05) is 37.3 Å². The Labute approximate surface area is 232 Å². The molecule has 0 aliphatic carbocycles. The van der Waals surface area contributed by atoms with Gasteiger partial charge in [-0.2, -0.15) is 0 Å². The molecule has 2 aromatic heterocycles. The molecule has 0 saturated heterocycles. The average Bonchev–Trinajstić information content (AvgIpc) is 3.37. The van der Waals surface area contributed by atoms with Crippen LogP contribution in [0.15, 0.2) is 69.5 Å². The van der Waals surface area contributed by atoms with Crippen LogP contribution in [-0.2, 0) is 41.0 Å². The second kappa shape index (κ2) is 14.2. The Morgan fingerprint density at radius 2 is 1.05 bits per heavy atom. The predicted molar refractivity (Wildman–Crippen MR) is 154 cm³/mol. The molecule has 10 heteroatoms. The van der Waals surface area contributed by atoms with Crippen LogP contribution < -0.4 is 9.13 Å². The Kier molecular flexibility index (Phi) is 11.3. The molecular formula is C29H42N10. The van der Waals surface area contributed by atoms with E-state index in [1.54, 1.807) is 22.0 Å². The zero-order valence-corrected chi connectivity index (χ0v) is 24.6. The molecule has 0 aliphatic heterocycles. The molecule has 0 amide bonds. The summed E-state index contributed by atoms with van der Waals surface area (Å²) >= 11 is 0. The molecule has 0 spiro atoms. The maximum atomic E-state index is 4.43. The highest BCUT2D eigenvalue weighted by Gasteiger charge is 2.13. The van der Waals surface area contributed by atoms with Crippen LogP contribution in [0, 0.1) is 28.7 Å². The molecule has 10 nitrogen and oxygen atoms in total. The predicted octanol–water partition coefficient (Wildman–Crippen LogP) is 6.11. The third kappa shape index (κ3) is 7.95. The summed E-state index contributed by atoms with van der Waals surface area (Å²) in [6.45, 7) is 4.17. The summed E-state index contributed by atoms with van der Waals surface area (Å²) in [6.07, 6.45) is 9.10. The van der Waals surface area contributed by atoms with Crippen LogP contribution in [0.2, 0.25) is 0 Å². The second-order valence-corrected chi connectivity index (χ2v) is 9.53. The van der Waals surface area contributed by atoms with Crippen molar-refractivity contribution < 1.29 is 9.13 Å². The number of rotatable bonds is 10. The maximum Gasteiger partial charge on any atom is 0.403 e. The van der Waals surface area contributed by atoms with Crippen molar-refractivity contribution in [1.29, 1.82) is 0 Å². The lowest BCUT2D eigenvalue weighted by Crippen LogP contribution is -2.25. The van der Waals surface area contributed by atoms with E-state index >= 15 is 0 Å². The van der Waals surface area contributed by atoms with Crippen LogP contribution in [-0.4, -0.2) is 19.6 Å². The smallest absolute Gasteiger partial charge is 0.358 e. The monoisotopic (exact) mass is 530 g/mol. The minimum absolute atomic E-state index is 0. The lowest BCUT2D eigenvalue weighted by molar-refractivity contribution is -0.659. The molecular weight excluding hydrogens is 488 g/mol.